The SMILES string of the molecule is CC1(C)NC(Cc2ccccc2)C(=N)O1. The third-order valence-electron chi connectivity index (χ3n) is 2.49. The van der Waals surface area contributed by atoms with Gasteiger partial charge in [-0.3, -0.25) is 10.7 Å². The minimum absolute atomic E-state index is 0.00222. The summed E-state index contributed by atoms with van der Waals surface area (Å²) in [5, 5.41) is 11.0. The molecular weight excluding hydrogens is 188 g/mol. The molecule has 0 radical (unpaired) electrons. The molecule has 2 N–H and O–H groups in total. The van der Waals surface area contributed by atoms with Gasteiger partial charge in [0.2, 0.25) is 5.90 Å². The quantitative estimate of drug-likeness (QED) is 0.773. The Kier molecular flexibility index (Phi) is 2.49. The summed E-state index contributed by atoms with van der Waals surface area (Å²) in [5.41, 5.74) is 0.817. The van der Waals surface area contributed by atoms with Gasteiger partial charge in [-0.05, 0) is 25.8 Å². The first-order chi connectivity index (χ1) is 7.07. The highest BCUT2D eigenvalue weighted by Gasteiger charge is 2.36. The Bertz CT molecular complexity index is 359. The Morgan fingerprint density at radius 1 is 1.33 bits per heavy atom. The van der Waals surface area contributed by atoms with Crippen molar-refractivity contribution in [2.24, 2.45) is 0 Å². The van der Waals surface area contributed by atoms with Gasteiger partial charge in [-0.2, -0.15) is 0 Å². The van der Waals surface area contributed by atoms with Crippen LogP contribution in [0.25, 0.3) is 0 Å². The van der Waals surface area contributed by atoms with E-state index >= 15 is 0 Å². The van der Waals surface area contributed by atoms with Gasteiger partial charge in [-0.25, -0.2) is 0 Å². The number of benzene rings is 1. The Morgan fingerprint density at radius 3 is 2.53 bits per heavy atom. The van der Waals surface area contributed by atoms with Crippen molar-refractivity contribution in [1.82, 2.24) is 5.32 Å². The lowest BCUT2D eigenvalue weighted by Gasteiger charge is -2.16. The van der Waals surface area contributed by atoms with Crippen molar-refractivity contribution in [3.8, 4) is 0 Å². The molecule has 0 saturated carbocycles. The summed E-state index contributed by atoms with van der Waals surface area (Å²) >= 11 is 0. The first kappa shape index (κ1) is 10.2. The van der Waals surface area contributed by atoms with Crippen LogP contribution in [-0.4, -0.2) is 17.7 Å². The van der Waals surface area contributed by atoms with Gasteiger partial charge in [-0.1, -0.05) is 30.3 Å². The van der Waals surface area contributed by atoms with Crippen molar-refractivity contribution in [1.29, 1.82) is 5.41 Å². The molecule has 0 spiro atoms. The Labute approximate surface area is 90.0 Å². The van der Waals surface area contributed by atoms with Crippen LogP contribution in [0.4, 0.5) is 0 Å². The maximum atomic E-state index is 7.73. The van der Waals surface area contributed by atoms with E-state index in [2.05, 4.69) is 17.4 Å². The van der Waals surface area contributed by atoms with Crippen LogP contribution in [0.3, 0.4) is 0 Å². The fourth-order valence-corrected chi connectivity index (χ4v) is 1.85. The van der Waals surface area contributed by atoms with Crippen molar-refractivity contribution in [3.05, 3.63) is 35.9 Å². The van der Waals surface area contributed by atoms with Crippen LogP contribution >= 0.6 is 0 Å². The Balaban J connectivity index is 2.05. The van der Waals surface area contributed by atoms with E-state index in [-0.39, 0.29) is 6.04 Å². The molecule has 80 valence electrons. The molecule has 3 nitrogen and oxygen atoms in total. The van der Waals surface area contributed by atoms with Gasteiger partial charge in [0.25, 0.3) is 0 Å². The fourth-order valence-electron chi connectivity index (χ4n) is 1.85. The van der Waals surface area contributed by atoms with Crippen molar-refractivity contribution < 1.29 is 4.74 Å². The molecule has 1 heterocycles. The molecule has 0 bridgehead atoms. The van der Waals surface area contributed by atoms with Gasteiger partial charge in [0.1, 0.15) is 0 Å². The van der Waals surface area contributed by atoms with Crippen LogP contribution in [0.1, 0.15) is 19.4 Å². The maximum absolute atomic E-state index is 7.73. The summed E-state index contributed by atoms with van der Waals surface area (Å²) < 4.78 is 5.41. The monoisotopic (exact) mass is 204 g/mol. The number of hydrogen-bond acceptors (Lipinski definition) is 3. The molecule has 1 aromatic carbocycles. The van der Waals surface area contributed by atoms with Crippen LogP contribution in [-0.2, 0) is 11.2 Å². The molecule has 1 fully saturated rings. The zero-order chi connectivity index (χ0) is 10.9. The number of ether oxygens (including phenoxy) is 1. The smallest absolute Gasteiger partial charge is 0.200 e. The lowest BCUT2D eigenvalue weighted by atomic mass is 10.1. The molecule has 2 rings (SSSR count). The van der Waals surface area contributed by atoms with Crippen LogP contribution in [0, 0.1) is 5.41 Å². The molecule has 1 unspecified atom stereocenters. The Morgan fingerprint density at radius 2 is 2.00 bits per heavy atom. The van der Waals surface area contributed by atoms with Gasteiger partial charge in [-0.15, -0.1) is 0 Å². The molecular formula is C12H16N2O. The highest BCUT2D eigenvalue weighted by atomic mass is 16.5. The van der Waals surface area contributed by atoms with Crippen molar-refractivity contribution in [3.63, 3.8) is 0 Å². The first-order valence-electron chi connectivity index (χ1n) is 5.16. The third-order valence-corrected chi connectivity index (χ3v) is 2.49. The lowest BCUT2D eigenvalue weighted by Crippen LogP contribution is -2.39. The molecule has 1 atom stereocenters. The second kappa shape index (κ2) is 3.66. The number of rotatable bonds is 2. The van der Waals surface area contributed by atoms with Crippen molar-refractivity contribution in [2.75, 3.05) is 0 Å². The van der Waals surface area contributed by atoms with E-state index in [1.165, 1.54) is 5.56 Å². The Hall–Kier alpha value is -1.35. The molecule has 1 aliphatic rings. The predicted octanol–water partition coefficient (Wildman–Crippen LogP) is 1.93. The summed E-state index contributed by atoms with van der Waals surface area (Å²) in [5.74, 6) is 0.337. The summed E-state index contributed by atoms with van der Waals surface area (Å²) in [6.45, 7) is 3.87. The van der Waals surface area contributed by atoms with E-state index in [9.17, 15) is 0 Å². The highest BCUT2D eigenvalue weighted by Crippen LogP contribution is 2.18. The van der Waals surface area contributed by atoms with E-state index in [0.717, 1.165) is 6.42 Å². The minimum Gasteiger partial charge on any atom is -0.459 e. The van der Waals surface area contributed by atoms with Gasteiger partial charge in [0.05, 0.1) is 6.04 Å². The van der Waals surface area contributed by atoms with Crippen molar-refractivity contribution >= 4 is 5.90 Å². The van der Waals surface area contributed by atoms with Gasteiger partial charge >= 0.3 is 0 Å². The third kappa shape index (κ3) is 2.36. The van der Waals surface area contributed by atoms with E-state index in [4.69, 9.17) is 10.1 Å². The van der Waals surface area contributed by atoms with E-state index in [0.29, 0.717) is 5.90 Å². The standard InChI is InChI=1S/C12H16N2O/c1-12(2)14-10(11(13)15-12)8-9-6-4-3-5-7-9/h3-7,10,13-14H,8H2,1-2H3. The fraction of sp³-hybridized carbons (Fsp3) is 0.417. The normalized spacial score (nSPS) is 23.9. The van der Waals surface area contributed by atoms with Crippen LogP contribution in [0.15, 0.2) is 30.3 Å². The highest BCUT2D eigenvalue weighted by molar-refractivity contribution is 5.81. The topological polar surface area (TPSA) is 45.1 Å². The van der Waals surface area contributed by atoms with E-state index < -0.39 is 5.72 Å². The molecule has 0 aromatic heterocycles. The zero-order valence-electron chi connectivity index (χ0n) is 9.08. The van der Waals surface area contributed by atoms with Gasteiger partial charge < -0.3 is 4.74 Å². The van der Waals surface area contributed by atoms with Gasteiger partial charge in [0.15, 0.2) is 5.72 Å². The van der Waals surface area contributed by atoms with E-state index in [1.807, 2.05) is 32.0 Å². The second-order valence-electron chi connectivity index (χ2n) is 4.36. The lowest BCUT2D eigenvalue weighted by molar-refractivity contribution is 0.0970. The predicted molar refractivity (Wildman–Crippen MR) is 60.0 cm³/mol. The summed E-state index contributed by atoms with van der Waals surface area (Å²) in [6.07, 6.45) is 0.809. The molecule has 1 aromatic rings. The molecule has 0 aliphatic carbocycles. The second-order valence-corrected chi connectivity index (χ2v) is 4.36. The average Bonchev–Trinajstić information content (AvgIpc) is 2.41. The summed E-state index contributed by atoms with van der Waals surface area (Å²) in [6, 6.07) is 10.2. The summed E-state index contributed by atoms with van der Waals surface area (Å²) in [4.78, 5) is 0. The molecule has 15 heavy (non-hydrogen) atoms. The minimum atomic E-state index is -0.406. The first-order valence-corrected chi connectivity index (χ1v) is 5.16. The van der Waals surface area contributed by atoms with Crippen LogP contribution in [0.5, 0.6) is 0 Å². The molecule has 3 heteroatoms. The zero-order valence-corrected chi connectivity index (χ0v) is 9.08. The van der Waals surface area contributed by atoms with E-state index in [1.54, 1.807) is 0 Å². The number of hydrogen-bond donors (Lipinski definition) is 2. The van der Waals surface area contributed by atoms with Crippen LogP contribution in [0.2, 0.25) is 0 Å². The maximum Gasteiger partial charge on any atom is 0.200 e. The number of nitrogens with one attached hydrogen (secondary N) is 2. The van der Waals surface area contributed by atoms with Crippen LogP contribution < -0.4 is 5.32 Å². The van der Waals surface area contributed by atoms with Gasteiger partial charge in [0, 0.05) is 0 Å². The largest absolute Gasteiger partial charge is 0.459 e. The molecule has 1 aliphatic heterocycles. The molecule has 1 saturated heterocycles. The molecule has 0 amide bonds. The summed E-state index contributed by atoms with van der Waals surface area (Å²) in [7, 11) is 0. The van der Waals surface area contributed by atoms with Crippen molar-refractivity contribution in [2.45, 2.75) is 32.0 Å². The average molecular weight is 204 g/mol.